The topological polar surface area (TPSA) is 55.2 Å². The number of rotatable bonds is 4. The lowest BCUT2D eigenvalue weighted by Gasteiger charge is -2.10. The lowest BCUT2D eigenvalue weighted by Crippen LogP contribution is -1.99. The molecule has 0 aliphatic rings. The molecule has 0 saturated heterocycles. The van der Waals surface area contributed by atoms with Gasteiger partial charge in [0, 0.05) is 41.2 Å². The summed E-state index contributed by atoms with van der Waals surface area (Å²) in [5.41, 5.74) is 3.43. The van der Waals surface area contributed by atoms with Crippen molar-refractivity contribution in [3.8, 4) is 11.5 Å². The molecule has 1 N–H and O–H groups in total. The number of nitrogens with zero attached hydrogens (tertiary/aromatic N) is 2. The molecule has 4 nitrogen and oxygen atoms in total. The quantitative estimate of drug-likeness (QED) is 0.259. The Morgan fingerprint density at radius 2 is 1.43 bits per heavy atom. The van der Waals surface area contributed by atoms with Crippen LogP contribution in [-0.2, 0) is 0 Å². The summed E-state index contributed by atoms with van der Waals surface area (Å²) in [5, 5.41) is 12.6. The monoisotopic (exact) mass is 462 g/mol. The van der Waals surface area contributed by atoms with Gasteiger partial charge in [0.25, 0.3) is 0 Å². The molecular formula is C23H21Cl3N2O2. The van der Waals surface area contributed by atoms with Gasteiger partial charge in [-0.1, -0.05) is 23.2 Å². The van der Waals surface area contributed by atoms with E-state index in [1.807, 2.05) is 32.0 Å². The number of aryl methyl sites for hydroxylation is 2. The number of pyridine rings is 2. The molecule has 0 bridgehead atoms. The van der Waals surface area contributed by atoms with E-state index in [9.17, 15) is 5.11 Å². The highest BCUT2D eigenvalue weighted by atomic mass is 35.5. The first kappa shape index (κ1) is 22.4. The molecule has 156 valence electrons. The van der Waals surface area contributed by atoms with Gasteiger partial charge >= 0.3 is 0 Å². The zero-order valence-corrected chi connectivity index (χ0v) is 18.9. The number of ether oxygens (including phenoxy) is 1. The van der Waals surface area contributed by atoms with Crippen LogP contribution >= 0.6 is 34.8 Å². The van der Waals surface area contributed by atoms with E-state index in [1.54, 1.807) is 30.6 Å². The van der Waals surface area contributed by atoms with Crippen LogP contribution < -0.4 is 4.74 Å². The van der Waals surface area contributed by atoms with Crippen molar-refractivity contribution in [1.82, 2.24) is 9.97 Å². The summed E-state index contributed by atoms with van der Waals surface area (Å²) in [4.78, 5) is 8.38. The van der Waals surface area contributed by atoms with Gasteiger partial charge in [-0.2, -0.15) is 0 Å². The minimum absolute atomic E-state index is 0.252. The molecule has 2 heterocycles. The number of halogens is 3. The van der Waals surface area contributed by atoms with Crippen molar-refractivity contribution in [2.45, 2.75) is 20.3 Å². The maximum absolute atomic E-state index is 9.43. The van der Waals surface area contributed by atoms with Gasteiger partial charge in [0.1, 0.15) is 11.5 Å². The Hall–Kier alpha value is -2.27. The Balaban J connectivity index is 0.000000177. The third kappa shape index (κ3) is 5.25. The Morgan fingerprint density at radius 1 is 0.867 bits per heavy atom. The standard InChI is InChI=1S/C13H13Cl2NO.C10H8ClNO/c1-9-7-10-11(15)3-5-16-12(10)8-13(9)17-6-2-4-14;1-6-4-7-8(11)2-3-12-9(7)5-10(6)13/h3,5,7-8H,2,4,6H2,1H3;2-5,13H,1H3. The minimum atomic E-state index is 0.252. The van der Waals surface area contributed by atoms with Crippen LogP contribution in [0.5, 0.6) is 11.5 Å². The second-order valence-electron chi connectivity index (χ2n) is 6.77. The van der Waals surface area contributed by atoms with Crippen LogP contribution in [0.3, 0.4) is 0 Å². The van der Waals surface area contributed by atoms with E-state index in [-0.39, 0.29) is 5.75 Å². The minimum Gasteiger partial charge on any atom is -0.508 e. The third-order valence-corrected chi connectivity index (χ3v) is 5.45. The van der Waals surface area contributed by atoms with Crippen molar-refractivity contribution in [3.05, 3.63) is 70.0 Å². The van der Waals surface area contributed by atoms with E-state index in [0.29, 0.717) is 22.5 Å². The number of aromatic hydroxyl groups is 1. The van der Waals surface area contributed by atoms with Gasteiger partial charge in [-0.15, -0.1) is 11.6 Å². The summed E-state index contributed by atoms with van der Waals surface area (Å²) < 4.78 is 5.66. The molecule has 0 spiro atoms. The summed E-state index contributed by atoms with van der Waals surface area (Å²) in [5.74, 6) is 1.70. The van der Waals surface area contributed by atoms with Gasteiger partial charge < -0.3 is 9.84 Å². The zero-order valence-electron chi connectivity index (χ0n) is 16.6. The number of benzene rings is 2. The molecule has 2 aromatic heterocycles. The van der Waals surface area contributed by atoms with Gasteiger partial charge in [0.15, 0.2) is 0 Å². The average molecular weight is 464 g/mol. The molecule has 0 fully saturated rings. The number of hydrogen-bond donors (Lipinski definition) is 1. The fourth-order valence-corrected chi connectivity index (χ4v) is 3.42. The number of phenolic OH excluding ortho intramolecular Hbond substituents is 1. The highest BCUT2D eigenvalue weighted by Gasteiger charge is 2.06. The molecule has 0 aliphatic carbocycles. The average Bonchev–Trinajstić information content (AvgIpc) is 2.72. The maximum Gasteiger partial charge on any atom is 0.124 e. The molecule has 4 rings (SSSR count). The molecule has 0 radical (unpaired) electrons. The molecule has 0 aliphatic heterocycles. The van der Waals surface area contributed by atoms with Gasteiger partial charge in [-0.25, -0.2) is 0 Å². The normalized spacial score (nSPS) is 10.7. The van der Waals surface area contributed by atoms with Crippen LogP contribution in [0.4, 0.5) is 0 Å². The second-order valence-corrected chi connectivity index (χ2v) is 7.96. The Bertz CT molecular complexity index is 1180. The Labute approximate surface area is 190 Å². The van der Waals surface area contributed by atoms with Crippen molar-refractivity contribution < 1.29 is 9.84 Å². The molecule has 0 saturated carbocycles. The number of aromatic nitrogens is 2. The summed E-state index contributed by atoms with van der Waals surface area (Å²) in [6.07, 6.45) is 4.16. The highest BCUT2D eigenvalue weighted by molar-refractivity contribution is 6.35. The van der Waals surface area contributed by atoms with E-state index >= 15 is 0 Å². The number of hydrogen-bond acceptors (Lipinski definition) is 4. The SMILES string of the molecule is Cc1cc2c(Cl)ccnc2cc1O.Cc1cc2c(Cl)ccnc2cc1OCCCCl. The number of alkyl halides is 1. The number of fused-ring (bicyclic) bond motifs is 2. The molecular weight excluding hydrogens is 443 g/mol. The van der Waals surface area contributed by atoms with Crippen molar-refractivity contribution in [2.24, 2.45) is 0 Å². The summed E-state index contributed by atoms with van der Waals surface area (Å²) in [7, 11) is 0. The zero-order chi connectivity index (χ0) is 21.7. The fraction of sp³-hybridized carbons (Fsp3) is 0.217. The molecule has 30 heavy (non-hydrogen) atoms. The maximum atomic E-state index is 9.43. The predicted octanol–water partition coefficient (Wildman–Crippen LogP) is 7.11. The van der Waals surface area contributed by atoms with Gasteiger partial charge in [-0.05, 0) is 55.7 Å². The van der Waals surface area contributed by atoms with Crippen molar-refractivity contribution in [1.29, 1.82) is 0 Å². The molecule has 0 unspecified atom stereocenters. The number of phenols is 1. The van der Waals surface area contributed by atoms with Crippen LogP contribution in [-0.4, -0.2) is 27.6 Å². The van der Waals surface area contributed by atoms with Gasteiger partial charge in [0.2, 0.25) is 0 Å². The highest BCUT2D eigenvalue weighted by Crippen LogP contribution is 2.29. The second kappa shape index (κ2) is 10.2. The van der Waals surface area contributed by atoms with Gasteiger partial charge in [0.05, 0.1) is 27.7 Å². The Morgan fingerprint density at radius 3 is 2.03 bits per heavy atom. The van der Waals surface area contributed by atoms with E-state index in [4.69, 9.17) is 39.5 Å². The van der Waals surface area contributed by atoms with E-state index in [1.165, 1.54) is 0 Å². The first-order valence-electron chi connectivity index (χ1n) is 9.38. The van der Waals surface area contributed by atoms with Crippen LogP contribution in [0.15, 0.2) is 48.8 Å². The van der Waals surface area contributed by atoms with E-state index in [0.717, 1.165) is 45.1 Å². The van der Waals surface area contributed by atoms with Crippen LogP contribution in [0.2, 0.25) is 10.0 Å². The first-order chi connectivity index (χ1) is 14.4. The van der Waals surface area contributed by atoms with Crippen molar-refractivity contribution in [2.75, 3.05) is 12.5 Å². The molecule has 0 amide bonds. The van der Waals surface area contributed by atoms with Crippen LogP contribution in [0.25, 0.3) is 21.8 Å². The van der Waals surface area contributed by atoms with Crippen molar-refractivity contribution >= 4 is 56.6 Å². The summed E-state index contributed by atoms with van der Waals surface area (Å²) in [6.45, 7) is 4.45. The largest absolute Gasteiger partial charge is 0.508 e. The van der Waals surface area contributed by atoms with E-state index in [2.05, 4.69) is 9.97 Å². The molecule has 4 aromatic rings. The van der Waals surface area contributed by atoms with Crippen LogP contribution in [0, 0.1) is 13.8 Å². The third-order valence-electron chi connectivity index (χ3n) is 4.53. The summed E-state index contributed by atoms with van der Waals surface area (Å²) in [6, 6.07) is 10.9. The van der Waals surface area contributed by atoms with Crippen LogP contribution in [0.1, 0.15) is 17.5 Å². The Kier molecular flexibility index (Phi) is 7.59. The molecule has 7 heteroatoms. The molecule has 2 aromatic carbocycles. The fourth-order valence-electron chi connectivity index (χ4n) is 2.90. The van der Waals surface area contributed by atoms with E-state index < -0.39 is 0 Å². The summed E-state index contributed by atoms with van der Waals surface area (Å²) >= 11 is 17.7. The smallest absolute Gasteiger partial charge is 0.124 e. The lowest BCUT2D eigenvalue weighted by atomic mass is 10.1. The molecule has 0 atom stereocenters. The lowest BCUT2D eigenvalue weighted by molar-refractivity contribution is 0.316. The predicted molar refractivity (Wildman–Crippen MR) is 125 cm³/mol. The van der Waals surface area contributed by atoms with Crippen molar-refractivity contribution in [3.63, 3.8) is 0 Å². The first-order valence-corrected chi connectivity index (χ1v) is 10.7. The van der Waals surface area contributed by atoms with Gasteiger partial charge in [-0.3, -0.25) is 9.97 Å².